The molecule has 2 aromatic heterocycles. The van der Waals surface area contributed by atoms with E-state index in [0.29, 0.717) is 17.0 Å². The predicted molar refractivity (Wildman–Crippen MR) is 173 cm³/mol. The molecule has 12 nitrogen and oxygen atoms in total. The number of nitrogens with zero attached hydrogens (tertiary/aromatic N) is 4. The van der Waals surface area contributed by atoms with Gasteiger partial charge in [-0.15, -0.1) is 0 Å². The Labute approximate surface area is 269 Å². The van der Waals surface area contributed by atoms with E-state index in [-0.39, 0.29) is 66.6 Å². The van der Waals surface area contributed by atoms with E-state index in [1.807, 2.05) is 49.0 Å². The number of benzene rings is 2. The Balaban J connectivity index is 1.42. The first-order valence-corrected chi connectivity index (χ1v) is 16.7. The number of aromatic nitrogens is 2. The van der Waals surface area contributed by atoms with E-state index in [1.165, 1.54) is 11.4 Å². The van der Waals surface area contributed by atoms with Gasteiger partial charge in [0.2, 0.25) is 21.8 Å². The van der Waals surface area contributed by atoms with Crippen molar-refractivity contribution < 1.29 is 32.4 Å². The number of aryl methyl sites for hydroxylation is 3. The van der Waals surface area contributed by atoms with Crippen LogP contribution in [0.1, 0.15) is 36.4 Å². The number of amides is 2. The average Bonchev–Trinajstić information content (AvgIpc) is 3.53. The Hall–Kier alpha value is -4.20. The van der Waals surface area contributed by atoms with Gasteiger partial charge in [-0.3, -0.25) is 9.59 Å². The summed E-state index contributed by atoms with van der Waals surface area (Å²) in [4.78, 5) is 28.4. The van der Waals surface area contributed by atoms with Gasteiger partial charge < -0.3 is 29.2 Å². The van der Waals surface area contributed by atoms with Crippen LogP contribution >= 0.6 is 0 Å². The molecule has 5 rings (SSSR count). The van der Waals surface area contributed by atoms with Crippen molar-refractivity contribution in [1.82, 2.24) is 18.9 Å². The summed E-state index contributed by atoms with van der Waals surface area (Å²) in [6.07, 6.45) is 1.42. The van der Waals surface area contributed by atoms with Crippen molar-refractivity contribution in [2.75, 3.05) is 32.1 Å². The lowest BCUT2D eigenvalue weighted by molar-refractivity contribution is -0.134. The predicted octanol–water partition coefficient (Wildman–Crippen LogP) is 3.43. The summed E-state index contributed by atoms with van der Waals surface area (Å²) < 4.78 is 41.9. The van der Waals surface area contributed by atoms with Crippen molar-refractivity contribution in [3.63, 3.8) is 0 Å². The van der Waals surface area contributed by atoms with Crippen LogP contribution < -0.4 is 10.1 Å². The average molecular weight is 652 g/mol. The molecule has 1 aliphatic heterocycles. The number of hydrogen-bond acceptors (Lipinski definition) is 8. The van der Waals surface area contributed by atoms with Crippen molar-refractivity contribution in [2.45, 2.75) is 57.6 Å². The van der Waals surface area contributed by atoms with E-state index in [1.54, 1.807) is 43.9 Å². The minimum absolute atomic E-state index is 0.0145. The van der Waals surface area contributed by atoms with Crippen molar-refractivity contribution in [3.8, 4) is 5.75 Å². The fourth-order valence-corrected chi connectivity index (χ4v) is 7.49. The number of anilines is 1. The summed E-state index contributed by atoms with van der Waals surface area (Å²) in [7, 11) is -0.551. The third kappa shape index (κ3) is 6.67. The summed E-state index contributed by atoms with van der Waals surface area (Å²) in [5.74, 6) is -0.124. The van der Waals surface area contributed by atoms with Gasteiger partial charge in [-0.2, -0.15) is 4.31 Å². The highest BCUT2D eigenvalue weighted by Crippen LogP contribution is 2.31. The molecule has 0 spiro atoms. The maximum atomic E-state index is 13.6. The monoisotopic (exact) mass is 651 g/mol. The molecule has 13 heteroatoms. The Kier molecular flexibility index (Phi) is 9.57. The standard InChI is InChI=1S/C33H41N5O7S/c1-20-16-38(21(2)19-39)32(41)15-24-13-26(34-31(40)14-25-17-36(5)28-10-8-7-9-27(25)28)11-12-29(24)44-30(20)18-37(6)46(42,43)33-22(3)35-45-23(33)4/h7-13,17,20-21,30,39H,14-16,18-19H2,1-6H3,(H,34,40)/t20-,21+,30+/m0/s1. The molecular formula is C33H41N5O7S. The van der Waals surface area contributed by atoms with Gasteiger partial charge in [-0.1, -0.05) is 30.3 Å². The molecule has 0 radical (unpaired) electrons. The number of carbonyl (C=O) groups is 2. The largest absolute Gasteiger partial charge is 0.488 e. The number of sulfonamides is 1. The number of rotatable bonds is 9. The molecule has 0 saturated carbocycles. The molecule has 46 heavy (non-hydrogen) atoms. The van der Waals surface area contributed by atoms with Gasteiger partial charge in [0.05, 0.1) is 32.0 Å². The maximum absolute atomic E-state index is 13.6. The zero-order chi connectivity index (χ0) is 33.3. The number of nitrogens with one attached hydrogen (secondary N) is 1. The third-order valence-corrected chi connectivity index (χ3v) is 10.7. The smallest absolute Gasteiger partial charge is 0.248 e. The molecule has 4 aromatic rings. The van der Waals surface area contributed by atoms with Crippen LogP contribution in [0.3, 0.4) is 0 Å². The van der Waals surface area contributed by atoms with Gasteiger partial charge in [0.1, 0.15) is 22.4 Å². The van der Waals surface area contributed by atoms with Crippen LogP contribution in [0.4, 0.5) is 5.69 Å². The van der Waals surface area contributed by atoms with Crippen LogP contribution in [0.15, 0.2) is 58.1 Å². The molecule has 2 amide bonds. The first-order chi connectivity index (χ1) is 21.8. The van der Waals surface area contributed by atoms with Crippen molar-refractivity contribution in [1.29, 1.82) is 0 Å². The Morgan fingerprint density at radius 2 is 1.96 bits per heavy atom. The number of likely N-dealkylation sites (N-methyl/N-ethyl adjacent to an activating group) is 1. The van der Waals surface area contributed by atoms with Gasteiger partial charge in [0.25, 0.3) is 0 Å². The summed E-state index contributed by atoms with van der Waals surface area (Å²) in [5.41, 5.74) is 3.25. The molecule has 0 unspecified atom stereocenters. The number of para-hydroxylation sites is 1. The first-order valence-electron chi connectivity index (χ1n) is 15.2. The quantitative estimate of drug-likeness (QED) is 0.280. The Morgan fingerprint density at radius 1 is 1.22 bits per heavy atom. The van der Waals surface area contributed by atoms with E-state index >= 15 is 0 Å². The highest BCUT2D eigenvalue weighted by molar-refractivity contribution is 7.89. The maximum Gasteiger partial charge on any atom is 0.248 e. The zero-order valence-electron chi connectivity index (χ0n) is 27.0. The first kappa shape index (κ1) is 33.2. The minimum atomic E-state index is -3.96. The van der Waals surface area contributed by atoms with E-state index < -0.39 is 22.2 Å². The molecule has 2 aromatic carbocycles. The second-order valence-corrected chi connectivity index (χ2v) is 14.1. The van der Waals surface area contributed by atoms with Crippen molar-refractivity contribution >= 4 is 38.4 Å². The van der Waals surface area contributed by atoms with Gasteiger partial charge in [-0.25, -0.2) is 8.42 Å². The van der Waals surface area contributed by atoms with Crippen LogP contribution in [-0.4, -0.2) is 83.2 Å². The van der Waals surface area contributed by atoms with Crippen LogP contribution in [0.25, 0.3) is 10.9 Å². The fourth-order valence-electron chi connectivity index (χ4n) is 6.02. The lowest BCUT2D eigenvalue weighted by Gasteiger charge is -2.33. The minimum Gasteiger partial charge on any atom is -0.488 e. The summed E-state index contributed by atoms with van der Waals surface area (Å²) in [5, 5.41) is 17.7. The molecule has 1 aliphatic rings. The fraction of sp³-hybridized carbons (Fsp3) is 0.424. The van der Waals surface area contributed by atoms with E-state index in [4.69, 9.17) is 9.26 Å². The lowest BCUT2D eigenvalue weighted by Crippen LogP contribution is -2.48. The van der Waals surface area contributed by atoms with Crippen LogP contribution in [0, 0.1) is 19.8 Å². The van der Waals surface area contributed by atoms with E-state index in [9.17, 15) is 23.1 Å². The summed E-state index contributed by atoms with van der Waals surface area (Å²) >= 11 is 0. The molecule has 0 saturated heterocycles. The van der Waals surface area contributed by atoms with E-state index in [2.05, 4.69) is 10.5 Å². The highest BCUT2D eigenvalue weighted by atomic mass is 32.2. The summed E-state index contributed by atoms with van der Waals surface area (Å²) in [6.45, 7) is 6.76. The zero-order valence-corrected chi connectivity index (χ0v) is 27.8. The van der Waals surface area contributed by atoms with Crippen LogP contribution in [-0.2, 0) is 39.5 Å². The van der Waals surface area contributed by atoms with Gasteiger partial charge in [-0.05, 0) is 50.6 Å². The van der Waals surface area contributed by atoms with Gasteiger partial charge in [0, 0.05) is 54.9 Å². The number of aliphatic hydroxyl groups excluding tert-OH is 1. The van der Waals surface area contributed by atoms with E-state index in [0.717, 1.165) is 16.5 Å². The Morgan fingerprint density at radius 3 is 2.65 bits per heavy atom. The molecule has 0 aliphatic carbocycles. The molecule has 246 valence electrons. The number of ether oxygens (including phenoxy) is 1. The van der Waals surface area contributed by atoms with Crippen LogP contribution in [0.5, 0.6) is 5.75 Å². The normalized spacial score (nSPS) is 18.1. The van der Waals surface area contributed by atoms with Crippen molar-refractivity contribution in [2.24, 2.45) is 13.0 Å². The number of carbonyl (C=O) groups excluding carboxylic acids is 2. The molecule has 0 fully saturated rings. The second-order valence-electron chi connectivity index (χ2n) is 12.2. The topological polar surface area (TPSA) is 147 Å². The number of aliphatic hydroxyl groups is 1. The second kappa shape index (κ2) is 13.3. The number of hydrogen-bond donors (Lipinski definition) is 2. The molecule has 3 heterocycles. The Bertz CT molecular complexity index is 1850. The van der Waals surface area contributed by atoms with Gasteiger partial charge >= 0.3 is 0 Å². The van der Waals surface area contributed by atoms with Crippen LogP contribution in [0.2, 0.25) is 0 Å². The highest BCUT2D eigenvalue weighted by Gasteiger charge is 2.35. The SMILES string of the molecule is Cc1noc(C)c1S(=O)(=O)N(C)C[C@H]1Oc2ccc(NC(=O)Cc3cn(C)c4ccccc34)cc2CC(=O)N([C@H](C)CO)C[C@@H]1C. The number of fused-ring (bicyclic) bond motifs is 2. The molecule has 3 atom stereocenters. The van der Waals surface area contributed by atoms with Crippen molar-refractivity contribution in [3.05, 3.63) is 71.2 Å². The molecular weight excluding hydrogens is 610 g/mol. The van der Waals surface area contributed by atoms with Gasteiger partial charge in [0.15, 0.2) is 5.76 Å². The third-order valence-electron chi connectivity index (χ3n) is 8.60. The lowest BCUT2D eigenvalue weighted by atomic mass is 10.0. The summed E-state index contributed by atoms with van der Waals surface area (Å²) in [6, 6.07) is 12.5. The molecule has 2 N–H and O–H groups in total. The molecule has 0 bridgehead atoms.